The molecule has 22 heavy (non-hydrogen) atoms. The minimum absolute atomic E-state index is 0.513. The maximum Gasteiger partial charge on any atom is 0.189 e. The Kier molecular flexibility index (Phi) is 4.26. The summed E-state index contributed by atoms with van der Waals surface area (Å²) < 4.78 is 5.53. The third kappa shape index (κ3) is 2.90. The van der Waals surface area contributed by atoms with Gasteiger partial charge in [-0.15, -0.1) is 0 Å². The van der Waals surface area contributed by atoms with Crippen molar-refractivity contribution >= 4 is 35.2 Å². The Morgan fingerprint density at radius 1 is 1.41 bits per heavy atom. The molecule has 1 aromatic carbocycles. The molecule has 4 N–H and O–H groups in total. The van der Waals surface area contributed by atoms with Gasteiger partial charge in [0.05, 0.1) is 18.9 Å². The Hall–Kier alpha value is -2.12. The molecule has 3 rings (SSSR count). The van der Waals surface area contributed by atoms with Crippen LogP contribution in [0, 0.1) is 5.41 Å². The Balaban J connectivity index is 1.99. The first-order valence-corrected chi connectivity index (χ1v) is 8.12. The number of nitrogen functional groups attached to an aromatic ring is 1. The van der Waals surface area contributed by atoms with E-state index >= 15 is 0 Å². The molecule has 0 aliphatic carbocycles. The number of nitrogens with two attached hydrogens (primary N) is 1. The summed E-state index contributed by atoms with van der Waals surface area (Å²) in [5.74, 6) is 0.759. The van der Waals surface area contributed by atoms with Crippen molar-refractivity contribution in [1.82, 2.24) is 9.97 Å². The quantitative estimate of drug-likeness (QED) is 0.347. The van der Waals surface area contributed by atoms with E-state index in [0.717, 1.165) is 34.3 Å². The standard InChI is InChI=1S/C15H17N5OS/c1-22-15-19-13-4-5-21-8-11(13)14(20-15)18-10-2-3-12(17)9(6-10)7-16/h2-3,6-7,16H,4-5,8,17H2,1H3,(H,18,19,20). The van der Waals surface area contributed by atoms with E-state index in [-0.39, 0.29) is 0 Å². The predicted molar refractivity (Wildman–Crippen MR) is 89.2 cm³/mol. The summed E-state index contributed by atoms with van der Waals surface area (Å²) in [7, 11) is 0. The van der Waals surface area contributed by atoms with Crippen LogP contribution in [-0.4, -0.2) is 29.0 Å². The van der Waals surface area contributed by atoms with Crippen LogP contribution in [0.4, 0.5) is 17.2 Å². The SMILES string of the molecule is CSc1nc2c(c(Nc3ccc(N)c(C=N)c3)n1)COCC2. The van der Waals surface area contributed by atoms with Crippen molar-refractivity contribution in [2.45, 2.75) is 18.2 Å². The second-order valence-corrected chi connectivity index (χ2v) is 5.67. The fourth-order valence-electron chi connectivity index (χ4n) is 2.32. The van der Waals surface area contributed by atoms with E-state index in [1.54, 1.807) is 6.07 Å². The zero-order valence-electron chi connectivity index (χ0n) is 12.2. The molecule has 0 fully saturated rings. The van der Waals surface area contributed by atoms with Gasteiger partial charge in [-0.25, -0.2) is 9.97 Å². The molecule has 1 aliphatic heterocycles. The van der Waals surface area contributed by atoms with Crippen LogP contribution in [0.3, 0.4) is 0 Å². The van der Waals surface area contributed by atoms with Crippen molar-refractivity contribution in [1.29, 1.82) is 5.41 Å². The highest BCUT2D eigenvalue weighted by Gasteiger charge is 2.18. The van der Waals surface area contributed by atoms with Gasteiger partial charge in [-0.1, -0.05) is 11.8 Å². The molecule has 7 heteroatoms. The highest BCUT2D eigenvalue weighted by Crippen LogP contribution is 2.28. The van der Waals surface area contributed by atoms with Crippen LogP contribution in [0.15, 0.2) is 23.4 Å². The average Bonchev–Trinajstić information content (AvgIpc) is 2.56. The van der Waals surface area contributed by atoms with E-state index in [4.69, 9.17) is 15.9 Å². The van der Waals surface area contributed by atoms with E-state index in [9.17, 15) is 0 Å². The molecule has 0 amide bonds. The number of ether oxygens (including phenoxy) is 1. The van der Waals surface area contributed by atoms with Gasteiger partial charge in [0.1, 0.15) is 5.82 Å². The van der Waals surface area contributed by atoms with Crippen LogP contribution in [0.2, 0.25) is 0 Å². The van der Waals surface area contributed by atoms with Gasteiger partial charge in [-0.3, -0.25) is 0 Å². The lowest BCUT2D eigenvalue weighted by Gasteiger charge is -2.20. The summed E-state index contributed by atoms with van der Waals surface area (Å²) in [4.78, 5) is 9.11. The van der Waals surface area contributed by atoms with Crippen molar-refractivity contribution in [3.63, 3.8) is 0 Å². The number of rotatable bonds is 4. The molecule has 0 spiro atoms. The number of anilines is 3. The molecule has 114 valence electrons. The zero-order valence-corrected chi connectivity index (χ0v) is 13.0. The Bertz CT molecular complexity index is 719. The topological polar surface area (TPSA) is 96.9 Å². The van der Waals surface area contributed by atoms with Gasteiger partial charge in [0, 0.05) is 35.1 Å². The lowest BCUT2D eigenvalue weighted by Crippen LogP contribution is -2.16. The van der Waals surface area contributed by atoms with Crippen molar-refractivity contribution in [2.75, 3.05) is 23.9 Å². The summed E-state index contributed by atoms with van der Waals surface area (Å²) in [5.41, 5.74) is 9.95. The molecule has 0 saturated carbocycles. The van der Waals surface area contributed by atoms with Crippen molar-refractivity contribution in [3.8, 4) is 0 Å². The smallest absolute Gasteiger partial charge is 0.189 e. The number of fused-ring (bicyclic) bond motifs is 1. The normalized spacial score (nSPS) is 13.5. The van der Waals surface area contributed by atoms with Gasteiger partial charge in [0.15, 0.2) is 5.16 Å². The first-order valence-electron chi connectivity index (χ1n) is 6.90. The largest absolute Gasteiger partial charge is 0.398 e. The van der Waals surface area contributed by atoms with Crippen LogP contribution in [0.25, 0.3) is 0 Å². The maximum atomic E-state index is 7.39. The molecule has 2 heterocycles. The van der Waals surface area contributed by atoms with Gasteiger partial charge < -0.3 is 21.2 Å². The van der Waals surface area contributed by atoms with Gasteiger partial charge in [0.25, 0.3) is 0 Å². The molecule has 0 unspecified atom stereocenters. The lowest BCUT2D eigenvalue weighted by molar-refractivity contribution is 0.109. The average molecular weight is 315 g/mol. The van der Waals surface area contributed by atoms with Gasteiger partial charge >= 0.3 is 0 Å². The molecule has 0 atom stereocenters. The van der Waals surface area contributed by atoms with E-state index in [1.165, 1.54) is 18.0 Å². The highest BCUT2D eigenvalue weighted by molar-refractivity contribution is 7.98. The van der Waals surface area contributed by atoms with Gasteiger partial charge in [0.2, 0.25) is 0 Å². The fraction of sp³-hybridized carbons (Fsp3) is 0.267. The van der Waals surface area contributed by atoms with Crippen LogP contribution in [0.1, 0.15) is 16.8 Å². The second kappa shape index (κ2) is 6.33. The Morgan fingerprint density at radius 3 is 3.05 bits per heavy atom. The van der Waals surface area contributed by atoms with E-state index in [1.807, 2.05) is 18.4 Å². The molecule has 6 nitrogen and oxygen atoms in total. The van der Waals surface area contributed by atoms with Crippen LogP contribution >= 0.6 is 11.8 Å². The lowest BCUT2D eigenvalue weighted by atomic mass is 10.1. The van der Waals surface area contributed by atoms with E-state index in [0.29, 0.717) is 24.5 Å². The minimum Gasteiger partial charge on any atom is -0.398 e. The Labute approximate surface area is 133 Å². The van der Waals surface area contributed by atoms with Crippen molar-refractivity contribution < 1.29 is 4.74 Å². The van der Waals surface area contributed by atoms with Crippen LogP contribution in [-0.2, 0) is 17.8 Å². The van der Waals surface area contributed by atoms with Gasteiger partial charge in [-0.05, 0) is 24.5 Å². The van der Waals surface area contributed by atoms with Crippen molar-refractivity contribution in [3.05, 3.63) is 35.0 Å². The number of hydrogen-bond donors (Lipinski definition) is 3. The van der Waals surface area contributed by atoms with Crippen molar-refractivity contribution in [2.24, 2.45) is 0 Å². The number of benzene rings is 1. The molecule has 2 aromatic rings. The summed E-state index contributed by atoms with van der Waals surface area (Å²) in [6, 6.07) is 5.49. The first-order chi connectivity index (χ1) is 10.7. The number of nitrogens with zero attached hydrogens (tertiary/aromatic N) is 2. The maximum absolute atomic E-state index is 7.39. The monoisotopic (exact) mass is 315 g/mol. The second-order valence-electron chi connectivity index (χ2n) is 4.90. The summed E-state index contributed by atoms with van der Waals surface area (Å²) >= 11 is 1.52. The minimum atomic E-state index is 0.513. The summed E-state index contributed by atoms with van der Waals surface area (Å²) in [6.45, 7) is 1.20. The molecule has 1 aliphatic rings. The zero-order chi connectivity index (χ0) is 15.5. The number of thioether (sulfide) groups is 1. The molecule has 0 bridgehead atoms. The molecular weight excluding hydrogens is 298 g/mol. The number of nitrogens with one attached hydrogen (secondary N) is 2. The third-order valence-electron chi connectivity index (χ3n) is 3.49. The highest BCUT2D eigenvalue weighted by atomic mass is 32.2. The molecule has 0 saturated heterocycles. The third-order valence-corrected chi connectivity index (χ3v) is 4.04. The van der Waals surface area contributed by atoms with E-state index < -0.39 is 0 Å². The fourth-order valence-corrected chi connectivity index (χ4v) is 2.70. The number of hydrogen-bond acceptors (Lipinski definition) is 7. The van der Waals surface area contributed by atoms with E-state index in [2.05, 4.69) is 15.3 Å². The summed E-state index contributed by atoms with van der Waals surface area (Å²) in [5, 5.41) is 11.4. The number of aromatic nitrogens is 2. The molecule has 0 radical (unpaired) electrons. The predicted octanol–water partition coefficient (Wildman–Crippen LogP) is 2.59. The van der Waals surface area contributed by atoms with Crippen LogP contribution in [0.5, 0.6) is 0 Å². The molecular formula is C15H17N5OS. The Morgan fingerprint density at radius 2 is 2.27 bits per heavy atom. The van der Waals surface area contributed by atoms with Crippen LogP contribution < -0.4 is 11.1 Å². The first kappa shape index (κ1) is 14.8. The summed E-state index contributed by atoms with van der Waals surface area (Å²) in [6.07, 6.45) is 4.00. The molecule has 1 aromatic heterocycles. The van der Waals surface area contributed by atoms with Gasteiger partial charge in [-0.2, -0.15) is 0 Å².